The Kier molecular flexibility index (Phi) is 5.11. The summed E-state index contributed by atoms with van der Waals surface area (Å²) in [5.74, 6) is 0.592. The maximum atomic E-state index is 12.0. The summed E-state index contributed by atoms with van der Waals surface area (Å²) in [7, 11) is 0. The van der Waals surface area contributed by atoms with Gasteiger partial charge in [-0.2, -0.15) is 5.26 Å². The fourth-order valence-electron chi connectivity index (χ4n) is 1.95. The number of benzene rings is 2. The third-order valence-electron chi connectivity index (χ3n) is 3.26. The van der Waals surface area contributed by atoms with Crippen LogP contribution >= 0.6 is 0 Å². The molecule has 106 valence electrons. The molecule has 0 aromatic heterocycles. The normalized spacial score (nSPS) is 9.90. The topological polar surface area (TPSA) is 50.1 Å². The van der Waals surface area contributed by atoms with Crippen molar-refractivity contribution in [2.75, 3.05) is 6.61 Å². The maximum absolute atomic E-state index is 12.0. The van der Waals surface area contributed by atoms with Crippen molar-refractivity contribution < 1.29 is 9.53 Å². The average molecular weight is 279 g/mol. The summed E-state index contributed by atoms with van der Waals surface area (Å²) < 4.78 is 5.48. The maximum Gasteiger partial charge on any atom is 0.200 e. The van der Waals surface area contributed by atoms with Gasteiger partial charge in [-0.1, -0.05) is 43.3 Å². The summed E-state index contributed by atoms with van der Waals surface area (Å²) in [6.07, 6.45) is 1.34. The van der Waals surface area contributed by atoms with E-state index in [9.17, 15) is 4.79 Å². The van der Waals surface area contributed by atoms with E-state index >= 15 is 0 Å². The Morgan fingerprint density at radius 3 is 2.24 bits per heavy atom. The zero-order valence-electron chi connectivity index (χ0n) is 12.0. The Morgan fingerprint density at radius 2 is 1.67 bits per heavy atom. The molecule has 2 aromatic rings. The minimum Gasteiger partial charge on any atom is -0.485 e. The quantitative estimate of drug-likeness (QED) is 0.759. The summed E-state index contributed by atoms with van der Waals surface area (Å²) in [4.78, 5) is 12.0. The molecule has 3 nitrogen and oxygen atoms in total. The Balaban J connectivity index is 1.92. The molecule has 0 N–H and O–H groups in total. The second-order valence-electron chi connectivity index (χ2n) is 4.74. The van der Waals surface area contributed by atoms with E-state index in [4.69, 9.17) is 10.00 Å². The molecule has 0 saturated heterocycles. The number of Topliss-reactive ketones (excluding diaryl/α,β-unsaturated/α-hetero) is 1. The predicted molar refractivity (Wildman–Crippen MR) is 81.4 cm³/mol. The molecule has 0 heterocycles. The highest BCUT2D eigenvalue weighted by Crippen LogP contribution is 2.13. The summed E-state index contributed by atoms with van der Waals surface area (Å²) in [6, 6.07) is 16.9. The molecule has 21 heavy (non-hydrogen) atoms. The first kappa shape index (κ1) is 14.8. The zero-order valence-corrected chi connectivity index (χ0v) is 12.0. The van der Waals surface area contributed by atoms with E-state index < -0.39 is 0 Å². The van der Waals surface area contributed by atoms with Gasteiger partial charge in [0.2, 0.25) is 0 Å². The lowest BCUT2D eigenvalue weighted by Crippen LogP contribution is -2.11. The van der Waals surface area contributed by atoms with E-state index in [-0.39, 0.29) is 12.4 Å². The molecule has 0 saturated carbocycles. The lowest BCUT2D eigenvalue weighted by Gasteiger charge is -2.06. The molecule has 0 aliphatic rings. The molecule has 2 aromatic carbocycles. The number of hydrogen-bond acceptors (Lipinski definition) is 3. The molecule has 0 aliphatic heterocycles. The van der Waals surface area contributed by atoms with Crippen LogP contribution in [-0.2, 0) is 12.8 Å². The van der Waals surface area contributed by atoms with E-state index in [1.54, 1.807) is 12.1 Å². The van der Waals surface area contributed by atoms with Gasteiger partial charge in [0.1, 0.15) is 5.75 Å². The molecule has 0 bridgehead atoms. The van der Waals surface area contributed by atoms with Gasteiger partial charge in [0.25, 0.3) is 0 Å². The van der Waals surface area contributed by atoms with Gasteiger partial charge >= 0.3 is 0 Å². The van der Waals surface area contributed by atoms with Crippen LogP contribution in [0.25, 0.3) is 0 Å². The highest BCUT2D eigenvalue weighted by molar-refractivity contribution is 5.97. The van der Waals surface area contributed by atoms with Crippen LogP contribution in [0.4, 0.5) is 0 Å². The lowest BCUT2D eigenvalue weighted by atomic mass is 10.1. The third-order valence-corrected chi connectivity index (χ3v) is 3.26. The average Bonchev–Trinajstić information content (AvgIpc) is 2.54. The number of carbonyl (C=O) groups excluding carboxylic acids is 1. The van der Waals surface area contributed by atoms with Gasteiger partial charge in [0.15, 0.2) is 12.4 Å². The van der Waals surface area contributed by atoms with Crippen LogP contribution in [0.1, 0.15) is 28.4 Å². The minimum atomic E-state index is -0.0428. The SMILES string of the molecule is CCc1ccc(C(=O)COc2ccc(CC#N)cc2)cc1. The van der Waals surface area contributed by atoms with E-state index in [1.807, 2.05) is 36.4 Å². The van der Waals surface area contributed by atoms with Gasteiger partial charge in [-0.25, -0.2) is 0 Å². The van der Waals surface area contributed by atoms with Crippen molar-refractivity contribution in [3.05, 3.63) is 65.2 Å². The Morgan fingerprint density at radius 1 is 1.05 bits per heavy atom. The molecular weight excluding hydrogens is 262 g/mol. The van der Waals surface area contributed by atoms with Crippen molar-refractivity contribution in [3.8, 4) is 11.8 Å². The molecule has 0 amide bonds. The van der Waals surface area contributed by atoms with E-state index in [1.165, 1.54) is 5.56 Å². The van der Waals surface area contributed by atoms with Crippen molar-refractivity contribution in [2.45, 2.75) is 19.8 Å². The summed E-state index contributed by atoms with van der Waals surface area (Å²) in [5.41, 5.74) is 2.81. The fraction of sp³-hybridized carbons (Fsp3) is 0.222. The number of rotatable bonds is 6. The molecule has 3 heteroatoms. The number of nitriles is 1. The van der Waals surface area contributed by atoms with Crippen LogP contribution in [0.5, 0.6) is 5.75 Å². The Bertz CT molecular complexity index is 636. The molecule has 0 unspecified atom stereocenters. The van der Waals surface area contributed by atoms with Crippen LogP contribution in [0.2, 0.25) is 0 Å². The lowest BCUT2D eigenvalue weighted by molar-refractivity contribution is 0.0921. The third kappa shape index (κ3) is 4.19. The molecule has 0 aliphatic carbocycles. The molecule has 0 atom stereocenters. The number of nitrogens with zero attached hydrogens (tertiary/aromatic N) is 1. The summed E-state index contributed by atoms with van der Waals surface area (Å²) in [6.45, 7) is 2.10. The fourth-order valence-corrected chi connectivity index (χ4v) is 1.95. The van der Waals surface area contributed by atoms with Crippen molar-refractivity contribution in [3.63, 3.8) is 0 Å². The van der Waals surface area contributed by atoms with Crippen LogP contribution in [-0.4, -0.2) is 12.4 Å². The van der Waals surface area contributed by atoms with Gasteiger partial charge in [0, 0.05) is 5.56 Å². The van der Waals surface area contributed by atoms with Crippen molar-refractivity contribution in [1.82, 2.24) is 0 Å². The van der Waals surface area contributed by atoms with Crippen molar-refractivity contribution in [2.24, 2.45) is 0 Å². The monoisotopic (exact) mass is 279 g/mol. The van der Waals surface area contributed by atoms with Gasteiger partial charge in [-0.05, 0) is 29.7 Å². The largest absolute Gasteiger partial charge is 0.485 e. The predicted octanol–water partition coefficient (Wildman–Crippen LogP) is 3.58. The number of ketones is 1. The first-order chi connectivity index (χ1) is 10.2. The molecule has 0 radical (unpaired) electrons. The number of ether oxygens (including phenoxy) is 1. The first-order valence-corrected chi connectivity index (χ1v) is 6.93. The van der Waals surface area contributed by atoms with E-state index in [2.05, 4.69) is 13.0 Å². The van der Waals surface area contributed by atoms with Crippen LogP contribution in [0, 0.1) is 11.3 Å². The molecule has 0 fully saturated rings. The zero-order chi connectivity index (χ0) is 15.1. The van der Waals surface area contributed by atoms with Crippen molar-refractivity contribution in [1.29, 1.82) is 5.26 Å². The van der Waals surface area contributed by atoms with E-state index in [0.717, 1.165) is 12.0 Å². The standard InChI is InChI=1S/C18H17NO2/c1-2-14-3-7-16(8-4-14)18(20)13-21-17-9-5-15(6-10-17)11-12-19/h3-10H,2,11,13H2,1H3. The van der Waals surface area contributed by atoms with Gasteiger partial charge in [0.05, 0.1) is 12.5 Å². The number of carbonyl (C=O) groups is 1. The first-order valence-electron chi connectivity index (χ1n) is 6.93. The van der Waals surface area contributed by atoms with Crippen molar-refractivity contribution >= 4 is 5.78 Å². The van der Waals surface area contributed by atoms with Crippen LogP contribution in [0.15, 0.2) is 48.5 Å². The highest BCUT2D eigenvalue weighted by Gasteiger charge is 2.06. The summed E-state index contributed by atoms with van der Waals surface area (Å²) in [5, 5.41) is 8.60. The molecule has 2 rings (SSSR count). The Hall–Kier alpha value is -2.60. The van der Waals surface area contributed by atoms with E-state index in [0.29, 0.717) is 17.7 Å². The van der Waals surface area contributed by atoms with Gasteiger partial charge in [-0.15, -0.1) is 0 Å². The Labute approximate surface area is 124 Å². The summed E-state index contributed by atoms with van der Waals surface area (Å²) >= 11 is 0. The second kappa shape index (κ2) is 7.25. The smallest absolute Gasteiger partial charge is 0.200 e. The van der Waals surface area contributed by atoms with Crippen LogP contribution < -0.4 is 4.74 Å². The van der Waals surface area contributed by atoms with Gasteiger partial charge < -0.3 is 4.74 Å². The second-order valence-corrected chi connectivity index (χ2v) is 4.74. The number of hydrogen-bond donors (Lipinski definition) is 0. The van der Waals surface area contributed by atoms with Crippen LogP contribution in [0.3, 0.4) is 0 Å². The highest BCUT2D eigenvalue weighted by atomic mass is 16.5. The number of aryl methyl sites for hydroxylation is 1. The minimum absolute atomic E-state index is 0.0169. The molecular formula is C18H17NO2. The molecule has 0 spiro atoms. The van der Waals surface area contributed by atoms with Gasteiger partial charge in [-0.3, -0.25) is 4.79 Å².